The number of rotatable bonds is 3. The molecule has 0 aromatic carbocycles. The minimum atomic E-state index is -1.08. The van der Waals surface area contributed by atoms with Gasteiger partial charge in [0.05, 0.1) is 5.92 Å². The Hall–Kier alpha value is -1.59. The van der Waals surface area contributed by atoms with E-state index in [4.69, 9.17) is 5.11 Å². The highest BCUT2D eigenvalue weighted by Crippen LogP contribution is 2.15. The van der Waals surface area contributed by atoms with Gasteiger partial charge in [-0.2, -0.15) is 0 Å². The Balaban J connectivity index is 2.49. The molecule has 84 valence electrons. The predicted molar refractivity (Wildman–Crippen MR) is 51.0 cm³/mol. The highest BCUT2D eigenvalue weighted by Gasteiger charge is 2.33. The fourth-order valence-electron chi connectivity index (χ4n) is 1.43. The molecule has 0 aromatic heterocycles. The first kappa shape index (κ1) is 11.5. The van der Waals surface area contributed by atoms with Crippen LogP contribution in [0, 0.1) is 5.92 Å². The number of nitrogens with one attached hydrogen (secondary N) is 1. The van der Waals surface area contributed by atoms with Gasteiger partial charge >= 0.3 is 5.97 Å². The van der Waals surface area contributed by atoms with Crippen molar-refractivity contribution in [1.82, 2.24) is 10.2 Å². The van der Waals surface area contributed by atoms with Crippen LogP contribution in [0.5, 0.6) is 0 Å². The van der Waals surface area contributed by atoms with E-state index in [0.29, 0.717) is 6.54 Å². The summed E-state index contributed by atoms with van der Waals surface area (Å²) in [5.74, 6) is -1.97. The lowest BCUT2D eigenvalue weighted by Crippen LogP contribution is -2.42. The molecule has 1 aliphatic rings. The summed E-state index contributed by atoms with van der Waals surface area (Å²) in [6.45, 7) is 1.75. The number of carboxylic acids is 1. The largest absolute Gasteiger partial charge is 0.480 e. The number of hydrogen-bond donors (Lipinski definition) is 2. The standard InChI is InChI=1S/C9H14N2O4/c1-5(9(14)15)10-8(13)6-3-7(12)11(2)4-6/h5-6H,3-4H2,1-2H3,(H,10,13)(H,14,15)/t5-,6?/m0/s1. The molecule has 0 radical (unpaired) electrons. The lowest BCUT2D eigenvalue weighted by molar-refractivity contribution is -0.141. The first-order valence-electron chi connectivity index (χ1n) is 4.69. The molecule has 6 nitrogen and oxygen atoms in total. The van der Waals surface area contributed by atoms with Gasteiger partial charge in [-0.15, -0.1) is 0 Å². The molecule has 6 heteroatoms. The lowest BCUT2D eigenvalue weighted by atomic mass is 10.1. The molecule has 1 saturated heterocycles. The zero-order valence-corrected chi connectivity index (χ0v) is 8.69. The third-order valence-electron chi connectivity index (χ3n) is 2.44. The average Bonchev–Trinajstić information content (AvgIpc) is 2.46. The fraction of sp³-hybridized carbons (Fsp3) is 0.667. The highest BCUT2D eigenvalue weighted by atomic mass is 16.4. The molecular formula is C9H14N2O4. The summed E-state index contributed by atoms with van der Waals surface area (Å²) in [5, 5.41) is 10.9. The van der Waals surface area contributed by atoms with Crippen LogP contribution in [0.2, 0.25) is 0 Å². The Kier molecular flexibility index (Phi) is 3.28. The predicted octanol–water partition coefficient (Wildman–Crippen LogP) is -0.946. The monoisotopic (exact) mass is 214 g/mol. The number of likely N-dealkylation sites (tertiary alicyclic amines) is 1. The fourth-order valence-corrected chi connectivity index (χ4v) is 1.43. The lowest BCUT2D eigenvalue weighted by Gasteiger charge is -2.13. The summed E-state index contributed by atoms with van der Waals surface area (Å²) in [7, 11) is 1.62. The summed E-state index contributed by atoms with van der Waals surface area (Å²) in [4.78, 5) is 34.6. The Labute approximate surface area is 87.2 Å². The van der Waals surface area contributed by atoms with Crippen LogP contribution in [0.15, 0.2) is 0 Å². The number of aliphatic carboxylic acids is 1. The van der Waals surface area contributed by atoms with Crippen molar-refractivity contribution in [3.63, 3.8) is 0 Å². The summed E-state index contributed by atoms with van der Waals surface area (Å²) in [6.07, 6.45) is 0.161. The van der Waals surface area contributed by atoms with Gasteiger partial charge in [-0.05, 0) is 6.92 Å². The molecular weight excluding hydrogens is 200 g/mol. The van der Waals surface area contributed by atoms with Crippen LogP contribution >= 0.6 is 0 Å². The van der Waals surface area contributed by atoms with E-state index in [9.17, 15) is 14.4 Å². The van der Waals surface area contributed by atoms with E-state index < -0.39 is 17.9 Å². The summed E-state index contributed by atoms with van der Waals surface area (Å²) < 4.78 is 0. The van der Waals surface area contributed by atoms with Crippen molar-refractivity contribution in [2.45, 2.75) is 19.4 Å². The van der Waals surface area contributed by atoms with Crippen LogP contribution in [-0.2, 0) is 14.4 Å². The maximum Gasteiger partial charge on any atom is 0.325 e. The van der Waals surface area contributed by atoms with Crippen LogP contribution in [0.25, 0.3) is 0 Å². The molecule has 2 atom stereocenters. The van der Waals surface area contributed by atoms with Crippen molar-refractivity contribution in [1.29, 1.82) is 0 Å². The molecule has 0 aliphatic carbocycles. The molecule has 2 N–H and O–H groups in total. The summed E-state index contributed by atoms with van der Waals surface area (Å²) in [6, 6.07) is -0.918. The summed E-state index contributed by atoms with van der Waals surface area (Å²) >= 11 is 0. The third-order valence-corrected chi connectivity index (χ3v) is 2.44. The number of carbonyl (C=O) groups is 3. The minimum absolute atomic E-state index is 0.0851. The second-order valence-corrected chi connectivity index (χ2v) is 3.74. The quantitative estimate of drug-likeness (QED) is 0.634. The van der Waals surface area contributed by atoms with Crippen LogP contribution in [0.3, 0.4) is 0 Å². The van der Waals surface area contributed by atoms with E-state index in [0.717, 1.165) is 0 Å². The third kappa shape index (κ3) is 2.68. The Bertz CT molecular complexity index is 302. The summed E-state index contributed by atoms with van der Waals surface area (Å²) in [5.41, 5.74) is 0. The number of nitrogens with zero attached hydrogens (tertiary/aromatic N) is 1. The molecule has 2 amide bonds. The van der Waals surface area contributed by atoms with Gasteiger partial charge in [0.1, 0.15) is 6.04 Å². The number of hydrogen-bond acceptors (Lipinski definition) is 3. The zero-order chi connectivity index (χ0) is 11.6. The molecule has 0 bridgehead atoms. The van der Waals surface area contributed by atoms with Crippen molar-refractivity contribution in [2.24, 2.45) is 5.92 Å². The molecule has 1 aliphatic heterocycles. The molecule has 0 saturated carbocycles. The van der Waals surface area contributed by atoms with E-state index >= 15 is 0 Å². The highest BCUT2D eigenvalue weighted by molar-refractivity contribution is 5.91. The van der Waals surface area contributed by atoms with Gasteiger partial charge in [-0.3, -0.25) is 14.4 Å². The van der Waals surface area contributed by atoms with Crippen molar-refractivity contribution in [3.05, 3.63) is 0 Å². The second kappa shape index (κ2) is 4.29. The van der Waals surface area contributed by atoms with E-state index in [-0.39, 0.29) is 18.2 Å². The van der Waals surface area contributed by atoms with Crippen molar-refractivity contribution < 1.29 is 19.5 Å². The Morgan fingerprint density at radius 3 is 2.60 bits per heavy atom. The first-order valence-corrected chi connectivity index (χ1v) is 4.69. The van der Waals surface area contributed by atoms with E-state index in [2.05, 4.69) is 5.32 Å². The van der Waals surface area contributed by atoms with Crippen LogP contribution in [-0.4, -0.2) is 47.4 Å². The van der Waals surface area contributed by atoms with Gasteiger partial charge in [0.2, 0.25) is 11.8 Å². The molecule has 1 unspecified atom stereocenters. The maximum atomic E-state index is 11.5. The number of amides is 2. The zero-order valence-electron chi connectivity index (χ0n) is 8.69. The van der Waals surface area contributed by atoms with Gasteiger partial charge in [0, 0.05) is 20.0 Å². The smallest absolute Gasteiger partial charge is 0.325 e. The van der Waals surface area contributed by atoms with Crippen LogP contribution in [0.1, 0.15) is 13.3 Å². The van der Waals surface area contributed by atoms with Crippen molar-refractivity contribution in [3.8, 4) is 0 Å². The van der Waals surface area contributed by atoms with E-state index in [1.807, 2.05) is 0 Å². The van der Waals surface area contributed by atoms with Gasteiger partial charge < -0.3 is 15.3 Å². The second-order valence-electron chi connectivity index (χ2n) is 3.74. The maximum absolute atomic E-state index is 11.5. The normalized spacial score (nSPS) is 22.7. The average molecular weight is 214 g/mol. The molecule has 1 rings (SSSR count). The number of carbonyl (C=O) groups excluding carboxylic acids is 2. The topological polar surface area (TPSA) is 86.7 Å². The van der Waals surface area contributed by atoms with Crippen LogP contribution < -0.4 is 5.32 Å². The van der Waals surface area contributed by atoms with Gasteiger partial charge in [-0.25, -0.2) is 0 Å². The first-order chi connectivity index (χ1) is 6.91. The molecule has 15 heavy (non-hydrogen) atoms. The Morgan fingerprint density at radius 1 is 1.60 bits per heavy atom. The van der Waals surface area contributed by atoms with Crippen molar-refractivity contribution >= 4 is 17.8 Å². The van der Waals surface area contributed by atoms with Gasteiger partial charge in [0.15, 0.2) is 0 Å². The minimum Gasteiger partial charge on any atom is -0.480 e. The van der Waals surface area contributed by atoms with Crippen molar-refractivity contribution in [2.75, 3.05) is 13.6 Å². The molecule has 0 spiro atoms. The van der Waals surface area contributed by atoms with E-state index in [1.54, 1.807) is 7.05 Å². The van der Waals surface area contributed by atoms with E-state index in [1.165, 1.54) is 11.8 Å². The molecule has 1 fully saturated rings. The molecule has 1 heterocycles. The number of carboxylic acid groups (broad SMARTS) is 1. The van der Waals surface area contributed by atoms with Gasteiger partial charge in [-0.1, -0.05) is 0 Å². The van der Waals surface area contributed by atoms with Crippen LogP contribution in [0.4, 0.5) is 0 Å². The molecule has 0 aromatic rings. The SMILES string of the molecule is C[C@H](NC(=O)C1CC(=O)N(C)C1)C(=O)O. The Morgan fingerprint density at radius 2 is 2.20 bits per heavy atom. The van der Waals surface area contributed by atoms with Gasteiger partial charge in [0.25, 0.3) is 0 Å².